The summed E-state index contributed by atoms with van der Waals surface area (Å²) in [6, 6.07) is 0. The Bertz CT molecular complexity index is 906. The maximum atomic E-state index is 10.5. The minimum absolute atomic E-state index is 0.344. The van der Waals surface area contributed by atoms with E-state index < -0.39 is 5.97 Å². The summed E-state index contributed by atoms with van der Waals surface area (Å²) in [5, 5.41) is 8.68. The summed E-state index contributed by atoms with van der Waals surface area (Å²) >= 11 is 0. The minimum atomic E-state index is -0.648. The van der Waals surface area contributed by atoms with Crippen LogP contribution in [0.15, 0.2) is 11.6 Å². The average Bonchev–Trinajstić information content (AvgIpc) is 3.39. The van der Waals surface area contributed by atoms with E-state index in [1.54, 1.807) is 37.7 Å². The minimum Gasteiger partial charge on any atom is -0.481 e. The van der Waals surface area contributed by atoms with Gasteiger partial charge < -0.3 is 5.11 Å². The second-order valence-electron chi connectivity index (χ2n) is 17.9. The van der Waals surface area contributed by atoms with Crippen molar-refractivity contribution in [1.29, 1.82) is 0 Å². The normalized spacial score (nSPS) is 33.3. The van der Waals surface area contributed by atoms with E-state index in [9.17, 15) is 4.79 Å². The van der Waals surface area contributed by atoms with E-state index in [1.165, 1.54) is 135 Å². The second kappa shape index (κ2) is 19.4. The number of carboxylic acids is 1. The van der Waals surface area contributed by atoms with Crippen molar-refractivity contribution < 1.29 is 9.90 Å². The topological polar surface area (TPSA) is 37.3 Å². The number of rotatable bonds is 22. The number of fused-ring (bicyclic) bond motifs is 5. The Morgan fingerprint density at radius 2 is 1.28 bits per heavy atom. The van der Waals surface area contributed by atoms with Crippen LogP contribution in [0.3, 0.4) is 0 Å². The monoisotopic (exact) mass is 639 g/mol. The van der Waals surface area contributed by atoms with E-state index in [4.69, 9.17) is 5.11 Å². The zero-order valence-electron chi connectivity index (χ0n) is 31.4. The van der Waals surface area contributed by atoms with Crippen molar-refractivity contribution in [3.8, 4) is 0 Å². The Morgan fingerprint density at radius 1 is 0.674 bits per heavy atom. The maximum Gasteiger partial charge on any atom is 0.303 e. The Labute approximate surface area is 287 Å². The largest absolute Gasteiger partial charge is 0.481 e. The molecule has 4 aliphatic rings. The molecule has 2 nitrogen and oxygen atoms in total. The highest BCUT2D eigenvalue weighted by Gasteiger charge is 2.60. The fourth-order valence-corrected chi connectivity index (χ4v) is 12.2. The van der Waals surface area contributed by atoms with Crippen LogP contribution in [0.1, 0.15) is 214 Å². The molecule has 2 unspecified atom stereocenters. The molecule has 0 saturated heterocycles. The molecule has 4 rings (SSSR count). The second-order valence-corrected chi connectivity index (χ2v) is 17.9. The fourth-order valence-electron chi connectivity index (χ4n) is 12.2. The van der Waals surface area contributed by atoms with Crippen molar-refractivity contribution in [2.24, 2.45) is 46.3 Å². The zero-order valence-corrected chi connectivity index (χ0v) is 31.4. The summed E-state index contributed by atoms with van der Waals surface area (Å²) in [5.41, 5.74) is 2.97. The first-order valence-electron chi connectivity index (χ1n) is 21.1. The molecule has 0 aliphatic heterocycles. The first kappa shape index (κ1) is 38.0. The summed E-state index contributed by atoms with van der Waals surface area (Å²) in [4.78, 5) is 10.5. The van der Waals surface area contributed by atoms with Gasteiger partial charge in [0.2, 0.25) is 0 Å². The van der Waals surface area contributed by atoms with Gasteiger partial charge in [0.1, 0.15) is 0 Å². The lowest BCUT2D eigenvalue weighted by Gasteiger charge is -2.61. The molecule has 4 saturated carbocycles. The summed E-state index contributed by atoms with van der Waals surface area (Å²) in [6.45, 7) is 10.5. The SMILES string of the molecule is CC(=CCCCCCCCCCCCCCCCCC(=O)O)CCCC(C)[C@H]1CC[C@H]2[C@@H]3CCC4CCCC[C@]4(C)[C@H]3CC[C@]12C. The van der Waals surface area contributed by atoms with Gasteiger partial charge in [-0.2, -0.15) is 0 Å². The lowest BCUT2D eigenvalue weighted by Crippen LogP contribution is -2.53. The van der Waals surface area contributed by atoms with Crippen LogP contribution >= 0.6 is 0 Å². The summed E-state index contributed by atoms with van der Waals surface area (Å²) < 4.78 is 0. The number of aliphatic carboxylic acids is 1. The molecule has 0 aromatic heterocycles. The van der Waals surface area contributed by atoms with E-state index in [2.05, 4.69) is 33.8 Å². The van der Waals surface area contributed by atoms with Gasteiger partial charge in [-0.1, -0.05) is 129 Å². The van der Waals surface area contributed by atoms with E-state index in [0.29, 0.717) is 17.3 Å². The third-order valence-corrected chi connectivity index (χ3v) is 14.9. The first-order chi connectivity index (χ1) is 22.3. The molecule has 0 spiro atoms. The fraction of sp³-hybridized carbons (Fsp3) is 0.932. The number of allylic oxidation sites excluding steroid dienone is 2. The Hall–Kier alpha value is -0.790. The van der Waals surface area contributed by atoms with Gasteiger partial charge in [-0.25, -0.2) is 0 Å². The Balaban J connectivity index is 0.999. The van der Waals surface area contributed by atoms with Crippen LogP contribution < -0.4 is 0 Å². The van der Waals surface area contributed by atoms with Gasteiger partial charge in [0.05, 0.1) is 0 Å². The molecule has 0 aromatic rings. The van der Waals surface area contributed by atoms with Crippen LogP contribution in [0.5, 0.6) is 0 Å². The molecule has 0 bridgehead atoms. The smallest absolute Gasteiger partial charge is 0.303 e. The number of unbranched alkanes of at least 4 members (excludes halogenated alkanes) is 14. The van der Waals surface area contributed by atoms with Gasteiger partial charge in [-0.15, -0.1) is 0 Å². The molecular weight excluding hydrogens is 560 g/mol. The van der Waals surface area contributed by atoms with Gasteiger partial charge >= 0.3 is 5.97 Å². The van der Waals surface area contributed by atoms with Crippen molar-refractivity contribution >= 4 is 5.97 Å². The van der Waals surface area contributed by atoms with Crippen LogP contribution in [-0.2, 0) is 4.79 Å². The number of carboxylic acid groups (broad SMARTS) is 1. The third-order valence-electron chi connectivity index (χ3n) is 14.9. The highest BCUT2D eigenvalue weighted by atomic mass is 16.4. The van der Waals surface area contributed by atoms with Crippen molar-refractivity contribution in [3.05, 3.63) is 11.6 Å². The summed E-state index contributed by atoms with van der Waals surface area (Å²) in [6.07, 6.45) is 42.2. The molecule has 0 aromatic carbocycles. The van der Waals surface area contributed by atoms with Crippen LogP contribution in [0.4, 0.5) is 0 Å². The number of carbonyl (C=O) groups is 1. The van der Waals surface area contributed by atoms with Crippen LogP contribution in [0, 0.1) is 46.3 Å². The summed E-state index contributed by atoms with van der Waals surface area (Å²) in [7, 11) is 0. The molecule has 2 heteroatoms. The average molecular weight is 639 g/mol. The van der Waals surface area contributed by atoms with Crippen molar-refractivity contribution in [3.63, 3.8) is 0 Å². The maximum absolute atomic E-state index is 10.5. The van der Waals surface area contributed by atoms with E-state index in [0.717, 1.165) is 48.3 Å². The zero-order chi connectivity index (χ0) is 32.8. The Morgan fingerprint density at radius 3 is 1.93 bits per heavy atom. The van der Waals surface area contributed by atoms with Crippen LogP contribution in [0.25, 0.3) is 0 Å². The number of hydrogen-bond acceptors (Lipinski definition) is 1. The predicted octanol–water partition coefficient (Wildman–Crippen LogP) is 14.1. The van der Waals surface area contributed by atoms with Gasteiger partial charge in [-0.3, -0.25) is 4.79 Å². The molecule has 0 radical (unpaired) electrons. The molecule has 1 N–H and O–H groups in total. The van der Waals surface area contributed by atoms with Crippen LogP contribution in [-0.4, -0.2) is 11.1 Å². The van der Waals surface area contributed by atoms with Gasteiger partial charge in [0.25, 0.3) is 0 Å². The standard InChI is InChI=1S/C44H78O2/c1-35(23-18-16-14-12-10-8-6-5-7-9-11-13-15-17-19-27-42(45)46)24-22-25-36(2)39-30-31-40-38-29-28-37-26-20-21-33-43(37,3)41(38)32-34-44(39,40)4/h23,36-41H,5-22,24-34H2,1-4H3,(H,45,46)/t36?,37?,38-,39+,40-,41-,43-,44+/m0/s1. The van der Waals surface area contributed by atoms with E-state index >= 15 is 0 Å². The van der Waals surface area contributed by atoms with Crippen molar-refractivity contribution in [1.82, 2.24) is 0 Å². The highest BCUT2D eigenvalue weighted by Crippen LogP contribution is 2.68. The quantitative estimate of drug-likeness (QED) is 0.0946. The van der Waals surface area contributed by atoms with Gasteiger partial charge in [0.15, 0.2) is 0 Å². The molecule has 8 atom stereocenters. The van der Waals surface area contributed by atoms with E-state index in [-0.39, 0.29) is 0 Å². The van der Waals surface area contributed by atoms with E-state index in [1.807, 2.05) is 0 Å². The molecule has 0 amide bonds. The van der Waals surface area contributed by atoms with Crippen LogP contribution in [0.2, 0.25) is 0 Å². The lowest BCUT2D eigenvalue weighted by atomic mass is 9.44. The number of hydrogen-bond donors (Lipinski definition) is 1. The lowest BCUT2D eigenvalue weighted by molar-refractivity contribution is -0.137. The third kappa shape index (κ3) is 10.6. The highest BCUT2D eigenvalue weighted by molar-refractivity contribution is 5.66. The molecule has 46 heavy (non-hydrogen) atoms. The summed E-state index contributed by atoms with van der Waals surface area (Å²) in [5.74, 6) is 5.42. The molecule has 4 aliphatic carbocycles. The van der Waals surface area contributed by atoms with Gasteiger partial charge in [-0.05, 0) is 137 Å². The first-order valence-corrected chi connectivity index (χ1v) is 21.1. The molecular formula is C44H78O2. The molecule has 266 valence electrons. The Kier molecular flexibility index (Phi) is 16.0. The predicted molar refractivity (Wildman–Crippen MR) is 198 cm³/mol. The molecule has 0 heterocycles. The molecule has 4 fully saturated rings. The van der Waals surface area contributed by atoms with Crippen molar-refractivity contribution in [2.75, 3.05) is 0 Å². The van der Waals surface area contributed by atoms with Gasteiger partial charge in [0, 0.05) is 6.42 Å². The van der Waals surface area contributed by atoms with Crippen molar-refractivity contribution in [2.45, 2.75) is 214 Å².